The van der Waals surface area contributed by atoms with Gasteiger partial charge in [0.05, 0.1) is 11.8 Å². The van der Waals surface area contributed by atoms with Crippen LogP contribution in [0, 0.1) is 11.8 Å². The lowest BCUT2D eigenvalue weighted by atomic mass is 10.1. The average molecular weight is 611 g/mol. The summed E-state index contributed by atoms with van der Waals surface area (Å²) in [5, 5.41) is 44.6. The molecule has 0 saturated carbocycles. The summed E-state index contributed by atoms with van der Waals surface area (Å²) in [5.74, 6) is -9.55. The van der Waals surface area contributed by atoms with Gasteiger partial charge in [0.15, 0.2) is 0 Å². The molecule has 0 aliphatic rings. The zero-order chi connectivity index (χ0) is 30.8. The maximum atomic E-state index is 12.4. The molecule has 4 atom stereocenters. The second-order valence-corrected chi connectivity index (χ2v) is 11.1. The maximum Gasteiger partial charge on any atom is 0.322 e. The molecule has 4 amide bonds. The lowest BCUT2D eigenvalue weighted by molar-refractivity contribution is -0.142. The molecule has 226 valence electrons. The lowest BCUT2D eigenvalue weighted by Crippen LogP contribution is -2.50. The zero-order valence-electron chi connectivity index (χ0n) is 21.8. The Bertz CT molecular complexity index is 875. The largest absolute Gasteiger partial charge is 0.481 e. The van der Waals surface area contributed by atoms with Gasteiger partial charge >= 0.3 is 23.9 Å². The number of amides is 4. The number of carboxylic acid groups (broad SMARTS) is 4. The Labute approximate surface area is 237 Å². The first-order valence-electron chi connectivity index (χ1n) is 11.9. The van der Waals surface area contributed by atoms with Crippen LogP contribution in [0.2, 0.25) is 0 Å². The number of carboxylic acids is 4. The summed E-state index contributed by atoms with van der Waals surface area (Å²) in [6, 6.07) is -2.42. The molecule has 0 aromatic rings. The van der Waals surface area contributed by atoms with Gasteiger partial charge in [-0.3, -0.25) is 38.4 Å². The topological polar surface area (TPSA) is 266 Å². The minimum absolute atomic E-state index is 0.00456. The molecule has 0 aliphatic carbocycles. The highest BCUT2D eigenvalue weighted by Crippen LogP contribution is 2.23. The Morgan fingerprint density at radius 3 is 1.20 bits per heavy atom. The monoisotopic (exact) mass is 610 g/mol. The first-order valence-corrected chi connectivity index (χ1v) is 14.4. The molecular weight excluding hydrogens is 576 g/mol. The van der Waals surface area contributed by atoms with Gasteiger partial charge in [-0.2, -0.15) is 0 Å². The van der Waals surface area contributed by atoms with Crippen molar-refractivity contribution in [1.29, 1.82) is 0 Å². The number of carbonyl (C=O) groups excluding carboxylic acids is 4. The predicted octanol–water partition coefficient (Wildman–Crippen LogP) is -1.26. The number of hydrogen-bond donors (Lipinski definition) is 8. The van der Waals surface area contributed by atoms with E-state index in [9.17, 15) is 38.4 Å². The van der Waals surface area contributed by atoms with E-state index in [1.54, 1.807) is 0 Å². The van der Waals surface area contributed by atoms with Crippen molar-refractivity contribution >= 4 is 69.1 Å². The molecule has 0 fully saturated rings. The molecule has 16 nitrogen and oxygen atoms in total. The second-order valence-electron chi connectivity index (χ2n) is 8.59. The van der Waals surface area contributed by atoms with Gasteiger partial charge in [0.2, 0.25) is 23.6 Å². The van der Waals surface area contributed by atoms with Gasteiger partial charge in [-0.1, -0.05) is 35.4 Å². The highest BCUT2D eigenvalue weighted by Gasteiger charge is 2.25. The smallest absolute Gasteiger partial charge is 0.322 e. The van der Waals surface area contributed by atoms with E-state index in [-0.39, 0.29) is 37.2 Å². The molecule has 0 aromatic heterocycles. The molecule has 8 N–H and O–H groups in total. The third kappa shape index (κ3) is 17.1. The van der Waals surface area contributed by atoms with Crippen LogP contribution in [-0.2, 0) is 38.4 Å². The van der Waals surface area contributed by atoms with Crippen molar-refractivity contribution in [1.82, 2.24) is 21.3 Å². The molecule has 0 aromatic carbocycles. The molecule has 18 heteroatoms. The van der Waals surface area contributed by atoms with E-state index in [1.165, 1.54) is 13.8 Å². The molecule has 0 spiro atoms. The fourth-order valence-electron chi connectivity index (χ4n) is 2.65. The first-order chi connectivity index (χ1) is 18.6. The number of aliphatic carboxylic acids is 4. The highest BCUT2D eigenvalue weighted by molar-refractivity contribution is 8.76. The first kappa shape index (κ1) is 36.5. The Balaban J connectivity index is 5.18. The van der Waals surface area contributed by atoms with Gasteiger partial charge in [-0.05, 0) is 12.8 Å². The number of rotatable bonds is 21. The molecule has 0 aliphatic heterocycles. The van der Waals surface area contributed by atoms with Crippen LogP contribution in [-0.4, -0.2) is 105 Å². The van der Waals surface area contributed by atoms with E-state index < -0.39 is 84.5 Å². The summed E-state index contributed by atoms with van der Waals surface area (Å²) < 4.78 is 0. The van der Waals surface area contributed by atoms with Crippen molar-refractivity contribution in [3.05, 3.63) is 0 Å². The molecular formula is C22H34N4O12S2. The zero-order valence-corrected chi connectivity index (χ0v) is 23.5. The SMILES string of the molecule is C[C@@H](CCC(=O)N[C@@H](CSSC[C@H](NC(=O)CC[C@H](C)C(=O)O)C(=O)NCC(=O)O)C(=O)NCC(=O)O)C(=O)O. The fraction of sp³-hybridized carbons (Fsp3) is 0.636. The van der Waals surface area contributed by atoms with E-state index >= 15 is 0 Å². The third-order valence-electron chi connectivity index (χ3n) is 5.14. The second kappa shape index (κ2) is 19.5. The lowest BCUT2D eigenvalue weighted by Gasteiger charge is -2.20. The van der Waals surface area contributed by atoms with E-state index in [2.05, 4.69) is 21.3 Å². The molecule has 0 saturated heterocycles. The van der Waals surface area contributed by atoms with Crippen molar-refractivity contribution in [2.45, 2.75) is 51.6 Å². The number of carbonyl (C=O) groups is 8. The minimum Gasteiger partial charge on any atom is -0.481 e. The predicted molar refractivity (Wildman–Crippen MR) is 142 cm³/mol. The average Bonchev–Trinajstić information content (AvgIpc) is 2.87. The van der Waals surface area contributed by atoms with Gasteiger partial charge in [-0.25, -0.2) is 0 Å². The van der Waals surface area contributed by atoms with E-state index in [0.29, 0.717) is 0 Å². The molecule has 0 unspecified atom stereocenters. The Kier molecular flexibility index (Phi) is 17.8. The van der Waals surface area contributed by atoms with Crippen LogP contribution in [0.1, 0.15) is 39.5 Å². The van der Waals surface area contributed by atoms with Crippen molar-refractivity contribution in [3.8, 4) is 0 Å². The fourth-order valence-corrected chi connectivity index (χ4v) is 4.97. The van der Waals surface area contributed by atoms with Crippen molar-refractivity contribution in [2.75, 3.05) is 24.6 Å². The van der Waals surface area contributed by atoms with Gasteiger partial charge in [-0.15, -0.1) is 0 Å². The van der Waals surface area contributed by atoms with Crippen LogP contribution in [0.4, 0.5) is 0 Å². The molecule has 40 heavy (non-hydrogen) atoms. The van der Waals surface area contributed by atoms with Crippen LogP contribution in [0.25, 0.3) is 0 Å². The third-order valence-corrected chi connectivity index (χ3v) is 7.56. The van der Waals surface area contributed by atoms with Crippen molar-refractivity contribution < 1.29 is 58.8 Å². The van der Waals surface area contributed by atoms with Gasteiger partial charge in [0.1, 0.15) is 25.2 Å². The Hall–Kier alpha value is -3.54. The summed E-state index contributed by atoms with van der Waals surface area (Å²) >= 11 is 0. The number of hydrogen-bond acceptors (Lipinski definition) is 10. The summed E-state index contributed by atoms with van der Waals surface area (Å²) in [4.78, 5) is 92.8. The standard InChI is InChI=1S/C22H34N4O12S2/c1-11(21(35)36)3-5-15(27)25-13(19(33)23-7-17(29)30)9-39-40-10-14(20(34)24-8-18(31)32)26-16(28)6-4-12(2)22(37)38/h11-14H,3-10H2,1-2H3,(H,23,33)(H,24,34)(H,25,27)(H,26,28)(H,29,30)(H,31,32)(H,35,36)(H,37,38)/t11-,12-,13-,14-/m0/s1. The van der Waals surface area contributed by atoms with Crippen LogP contribution in [0.5, 0.6) is 0 Å². The summed E-state index contributed by atoms with van der Waals surface area (Å²) in [6.45, 7) is 1.40. The van der Waals surface area contributed by atoms with Gasteiger partial charge < -0.3 is 41.7 Å². The van der Waals surface area contributed by atoms with Gasteiger partial charge in [0, 0.05) is 24.3 Å². The van der Waals surface area contributed by atoms with E-state index in [1.807, 2.05) is 0 Å². The van der Waals surface area contributed by atoms with E-state index in [4.69, 9.17) is 20.4 Å². The van der Waals surface area contributed by atoms with Crippen LogP contribution < -0.4 is 21.3 Å². The van der Waals surface area contributed by atoms with Crippen molar-refractivity contribution in [3.63, 3.8) is 0 Å². The summed E-state index contributed by atoms with van der Waals surface area (Å²) in [7, 11) is 1.98. The van der Waals surface area contributed by atoms with E-state index in [0.717, 1.165) is 21.6 Å². The molecule has 0 rings (SSSR count). The van der Waals surface area contributed by atoms with Gasteiger partial charge in [0.25, 0.3) is 0 Å². The molecule has 0 radical (unpaired) electrons. The van der Waals surface area contributed by atoms with Crippen LogP contribution in [0.3, 0.4) is 0 Å². The quantitative estimate of drug-likeness (QED) is 0.0557. The molecule has 0 heterocycles. The van der Waals surface area contributed by atoms with Crippen LogP contribution in [0.15, 0.2) is 0 Å². The highest BCUT2D eigenvalue weighted by atomic mass is 33.1. The molecule has 0 bridgehead atoms. The maximum absolute atomic E-state index is 12.4. The number of nitrogens with one attached hydrogen (secondary N) is 4. The van der Waals surface area contributed by atoms with Crippen LogP contribution >= 0.6 is 21.6 Å². The summed E-state index contributed by atoms with van der Waals surface area (Å²) in [6.07, 6.45) is -0.395. The Morgan fingerprint density at radius 1 is 0.600 bits per heavy atom. The Morgan fingerprint density at radius 2 is 0.925 bits per heavy atom. The van der Waals surface area contributed by atoms with Crippen molar-refractivity contribution in [2.24, 2.45) is 11.8 Å². The summed E-state index contributed by atoms with van der Waals surface area (Å²) in [5.41, 5.74) is 0. The minimum atomic E-state index is -1.32. The normalized spacial score (nSPS) is 13.6.